The van der Waals surface area contributed by atoms with E-state index in [0.29, 0.717) is 5.92 Å². The fraction of sp³-hybridized carbons (Fsp3) is 0.750. The third-order valence-electron chi connectivity index (χ3n) is 3.39. The minimum absolute atomic E-state index is 0.0567. The van der Waals surface area contributed by atoms with E-state index in [-0.39, 0.29) is 6.10 Å². The molecule has 0 aromatic heterocycles. The average molecular weight is 122 g/mol. The molecule has 0 bridgehead atoms. The van der Waals surface area contributed by atoms with E-state index in [0.717, 1.165) is 24.2 Å². The maximum Gasteiger partial charge on any atom is 0.0580 e. The molecular formula is C8H10O. The van der Waals surface area contributed by atoms with Crippen LogP contribution in [0.15, 0.2) is 12.2 Å². The molecule has 1 N–H and O–H groups in total. The molecule has 9 heavy (non-hydrogen) atoms. The molecule has 0 aliphatic heterocycles. The van der Waals surface area contributed by atoms with Crippen LogP contribution in [0.4, 0.5) is 0 Å². The number of hydrogen-bond acceptors (Lipinski definition) is 1. The van der Waals surface area contributed by atoms with Gasteiger partial charge in [-0.2, -0.15) is 0 Å². The van der Waals surface area contributed by atoms with E-state index in [2.05, 4.69) is 12.2 Å². The van der Waals surface area contributed by atoms with Crippen molar-refractivity contribution in [2.24, 2.45) is 23.7 Å². The summed E-state index contributed by atoms with van der Waals surface area (Å²) in [6, 6.07) is 0. The Hall–Kier alpha value is -0.300. The molecule has 2 saturated carbocycles. The van der Waals surface area contributed by atoms with Crippen molar-refractivity contribution in [3.63, 3.8) is 0 Å². The van der Waals surface area contributed by atoms with Gasteiger partial charge in [0.05, 0.1) is 6.10 Å². The maximum atomic E-state index is 9.23. The second-order valence-corrected chi connectivity index (χ2v) is 3.58. The topological polar surface area (TPSA) is 20.2 Å². The SMILES string of the molecule is O[C@H]1C[C@H]2[C@H]3C=C[C@@H]3[C@H]21. The van der Waals surface area contributed by atoms with Crippen LogP contribution in [0, 0.1) is 23.7 Å². The number of allylic oxidation sites excluding steroid dienone is 2. The molecule has 3 rings (SSSR count). The summed E-state index contributed by atoms with van der Waals surface area (Å²) in [5.74, 6) is 3.24. The van der Waals surface area contributed by atoms with E-state index in [1.54, 1.807) is 0 Å². The summed E-state index contributed by atoms with van der Waals surface area (Å²) in [5, 5.41) is 9.23. The van der Waals surface area contributed by atoms with Crippen molar-refractivity contribution in [2.45, 2.75) is 12.5 Å². The highest BCUT2D eigenvalue weighted by atomic mass is 16.3. The molecule has 0 unspecified atom stereocenters. The van der Waals surface area contributed by atoms with Gasteiger partial charge >= 0.3 is 0 Å². The van der Waals surface area contributed by atoms with Crippen molar-refractivity contribution >= 4 is 0 Å². The van der Waals surface area contributed by atoms with Crippen LogP contribution < -0.4 is 0 Å². The molecule has 1 heteroatoms. The van der Waals surface area contributed by atoms with Crippen LogP contribution in [-0.2, 0) is 0 Å². The molecule has 3 aliphatic rings. The van der Waals surface area contributed by atoms with Gasteiger partial charge in [0.1, 0.15) is 0 Å². The van der Waals surface area contributed by atoms with Gasteiger partial charge in [-0.1, -0.05) is 12.2 Å². The third kappa shape index (κ3) is 0.304. The van der Waals surface area contributed by atoms with Gasteiger partial charge in [0, 0.05) is 0 Å². The molecule has 0 amide bonds. The lowest BCUT2D eigenvalue weighted by molar-refractivity contribution is -0.167. The highest BCUT2D eigenvalue weighted by Crippen LogP contribution is 2.63. The summed E-state index contributed by atoms with van der Waals surface area (Å²) < 4.78 is 0. The predicted octanol–water partition coefficient (Wildman–Crippen LogP) is 0.799. The lowest BCUT2D eigenvalue weighted by Gasteiger charge is -2.64. The largest absolute Gasteiger partial charge is 0.393 e. The Morgan fingerprint density at radius 2 is 2.00 bits per heavy atom. The van der Waals surface area contributed by atoms with E-state index in [4.69, 9.17) is 0 Å². The molecule has 1 nitrogen and oxygen atoms in total. The summed E-state index contributed by atoms with van der Waals surface area (Å²) in [6.45, 7) is 0. The Kier molecular flexibility index (Phi) is 0.552. The van der Waals surface area contributed by atoms with E-state index in [1.165, 1.54) is 0 Å². The number of hydrogen-bond donors (Lipinski definition) is 1. The highest BCUT2D eigenvalue weighted by molar-refractivity contribution is 5.26. The van der Waals surface area contributed by atoms with E-state index in [9.17, 15) is 5.11 Å². The van der Waals surface area contributed by atoms with Crippen LogP contribution in [0.2, 0.25) is 0 Å². The lowest BCUT2D eigenvalue weighted by atomic mass is 9.42. The number of aliphatic hydroxyl groups excluding tert-OH is 1. The minimum Gasteiger partial charge on any atom is -0.393 e. The van der Waals surface area contributed by atoms with Crippen LogP contribution in [-0.4, -0.2) is 11.2 Å². The molecule has 3 aliphatic carbocycles. The molecule has 2 fully saturated rings. The first kappa shape index (κ1) is 4.51. The molecule has 0 spiro atoms. The van der Waals surface area contributed by atoms with Crippen LogP contribution in [0.5, 0.6) is 0 Å². The van der Waals surface area contributed by atoms with E-state index >= 15 is 0 Å². The fourth-order valence-corrected chi connectivity index (χ4v) is 2.67. The van der Waals surface area contributed by atoms with Gasteiger partial charge in [-0.3, -0.25) is 0 Å². The number of aliphatic hydroxyl groups is 1. The molecule has 0 radical (unpaired) electrons. The monoisotopic (exact) mass is 122 g/mol. The summed E-state index contributed by atoms with van der Waals surface area (Å²) in [6.07, 6.45) is 5.70. The zero-order chi connectivity index (χ0) is 6.01. The lowest BCUT2D eigenvalue weighted by Crippen LogP contribution is -2.62. The predicted molar refractivity (Wildman–Crippen MR) is 33.7 cm³/mol. The van der Waals surface area contributed by atoms with Gasteiger partial charge in [-0.25, -0.2) is 0 Å². The number of fused-ring (bicyclic) bond motifs is 4. The van der Waals surface area contributed by atoms with Crippen LogP contribution in [0.1, 0.15) is 6.42 Å². The van der Waals surface area contributed by atoms with E-state index in [1.807, 2.05) is 0 Å². The Morgan fingerprint density at radius 1 is 1.22 bits per heavy atom. The van der Waals surface area contributed by atoms with Crippen molar-refractivity contribution in [3.8, 4) is 0 Å². The van der Waals surface area contributed by atoms with Crippen molar-refractivity contribution in [3.05, 3.63) is 12.2 Å². The molecule has 0 heterocycles. The highest BCUT2D eigenvalue weighted by Gasteiger charge is 2.61. The van der Waals surface area contributed by atoms with Crippen molar-refractivity contribution < 1.29 is 5.11 Å². The summed E-state index contributed by atoms with van der Waals surface area (Å²) in [4.78, 5) is 0. The molecule has 5 atom stereocenters. The van der Waals surface area contributed by atoms with Crippen molar-refractivity contribution in [1.29, 1.82) is 0 Å². The zero-order valence-corrected chi connectivity index (χ0v) is 5.20. The van der Waals surface area contributed by atoms with Crippen LogP contribution in [0.25, 0.3) is 0 Å². The van der Waals surface area contributed by atoms with Gasteiger partial charge in [0.25, 0.3) is 0 Å². The first-order valence-corrected chi connectivity index (χ1v) is 3.74. The Bertz CT molecular complexity index is 185. The molecule has 48 valence electrons. The molecular weight excluding hydrogens is 112 g/mol. The van der Waals surface area contributed by atoms with Gasteiger partial charge in [0.15, 0.2) is 0 Å². The van der Waals surface area contributed by atoms with Crippen LogP contribution >= 0.6 is 0 Å². The molecule has 0 aromatic carbocycles. The standard InChI is InChI=1S/C8H10O/c9-7-3-6-4-1-2-5(4)8(6)7/h1-2,4-9H,3H2/t4-,5-,6-,7-,8+/m0/s1. The summed E-state index contributed by atoms with van der Waals surface area (Å²) >= 11 is 0. The minimum atomic E-state index is 0.0567. The van der Waals surface area contributed by atoms with Gasteiger partial charge in [0.2, 0.25) is 0 Å². The van der Waals surface area contributed by atoms with Crippen LogP contribution in [0.3, 0.4) is 0 Å². The summed E-state index contributed by atoms with van der Waals surface area (Å²) in [7, 11) is 0. The second-order valence-electron chi connectivity index (χ2n) is 3.58. The van der Waals surface area contributed by atoms with Crippen molar-refractivity contribution in [1.82, 2.24) is 0 Å². The van der Waals surface area contributed by atoms with Crippen molar-refractivity contribution in [2.75, 3.05) is 0 Å². The van der Waals surface area contributed by atoms with Gasteiger partial charge in [-0.15, -0.1) is 0 Å². The Morgan fingerprint density at radius 3 is 2.33 bits per heavy atom. The third-order valence-corrected chi connectivity index (χ3v) is 3.39. The number of rotatable bonds is 0. The summed E-state index contributed by atoms with van der Waals surface area (Å²) in [5.41, 5.74) is 0. The molecule has 0 saturated heterocycles. The fourth-order valence-electron chi connectivity index (χ4n) is 2.67. The smallest absolute Gasteiger partial charge is 0.0580 e. The second kappa shape index (κ2) is 1.10. The average Bonchev–Trinajstić information content (AvgIpc) is 1.79. The van der Waals surface area contributed by atoms with Gasteiger partial charge in [-0.05, 0) is 30.1 Å². The first-order valence-electron chi connectivity index (χ1n) is 3.74. The van der Waals surface area contributed by atoms with E-state index < -0.39 is 0 Å². The molecule has 0 aromatic rings. The first-order chi connectivity index (χ1) is 4.38. The van der Waals surface area contributed by atoms with Gasteiger partial charge < -0.3 is 5.11 Å². The Labute approximate surface area is 54.4 Å². The quantitative estimate of drug-likeness (QED) is 0.471. The Balaban J connectivity index is 1.90. The zero-order valence-electron chi connectivity index (χ0n) is 5.20. The maximum absolute atomic E-state index is 9.23. The normalized spacial score (nSPS) is 66.6.